The molecule has 0 atom stereocenters. The Morgan fingerprint density at radius 1 is 1.13 bits per heavy atom. The number of ketones is 1. The number of para-hydroxylation sites is 1. The topological polar surface area (TPSA) is 72.0 Å². The van der Waals surface area contributed by atoms with Crippen LogP contribution in [0.3, 0.4) is 0 Å². The van der Waals surface area contributed by atoms with Gasteiger partial charge < -0.3 is 9.72 Å². The van der Waals surface area contributed by atoms with Crippen molar-refractivity contribution in [1.82, 2.24) is 9.97 Å². The molecule has 2 aromatic carbocycles. The molecule has 3 aromatic rings. The van der Waals surface area contributed by atoms with Crippen LogP contribution in [0.1, 0.15) is 16.2 Å². The number of rotatable bonds is 4. The fourth-order valence-corrected chi connectivity index (χ4v) is 2.17. The lowest BCUT2D eigenvalue weighted by molar-refractivity contribution is 0.103. The molecule has 0 saturated carbocycles. The van der Waals surface area contributed by atoms with Gasteiger partial charge in [-0.3, -0.25) is 9.59 Å². The van der Waals surface area contributed by atoms with Crippen molar-refractivity contribution in [3.05, 3.63) is 76.3 Å². The summed E-state index contributed by atoms with van der Waals surface area (Å²) in [7, 11) is 1.59. The number of carbonyl (C=O) groups excluding carboxylic acids is 1. The Balaban J connectivity index is 1.87. The molecular formula is C18H14N2O3. The van der Waals surface area contributed by atoms with Gasteiger partial charge >= 0.3 is 0 Å². The van der Waals surface area contributed by atoms with E-state index in [0.717, 1.165) is 11.3 Å². The van der Waals surface area contributed by atoms with Crippen LogP contribution in [-0.4, -0.2) is 22.9 Å². The smallest absolute Gasteiger partial charge is 0.259 e. The van der Waals surface area contributed by atoms with Crippen LogP contribution in [-0.2, 0) is 0 Å². The number of aromatic nitrogens is 2. The van der Waals surface area contributed by atoms with Crippen LogP contribution >= 0.6 is 0 Å². The average Bonchev–Trinajstić information content (AvgIpc) is 2.60. The van der Waals surface area contributed by atoms with Gasteiger partial charge in [-0.2, -0.15) is 0 Å². The van der Waals surface area contributed by atoms with Gasteiger partial charge in [-0.1, -0.05) is 30.3 Å². The second-order valence-electron chi connectivity index (χ2n) is 4.90. The summed E-state index contributed by atoms with van der Waals surface area (Å²) >= 11 is 0. The van der Waals surface area contributed by atoms with Gasteiger partial charge in [-0.25, -0.2) is 4.98 Å². The second-order valence-corrected chi connectivity index (χ2v) is 4.90. The van der Waals surface area contributed by atoms with Gasteiger partial charge in [0.15, 0.2) is 5.82 Å². The van der Waals surface area contributed by atoms with Crippen LogP contribution < -0.4 is 10.3 Å². The number of nitrogens with zero attached hydrogens (tertiary/aromatic N) is 1. The number of aromatic amines is 1. The van der Waals surface area contributed by atoms with Gasteiger partial charge in [0.25, 0.3) is 5.56 Å². The van der Waals surface area contributed by atoms with E-state index >= 15 is 0 Å². The number of carbonyl (C=O) groups is 1. The minimum absolute atomic E-state index is 0.0264. The lowest BCUT2D eigenvalue weighted by Gasteiger charge is -2.00. The highest BCUT2D eigenvalue weighted by Crippen LogP contribution is 2.12. The standard InChI is InChI=1S/C18H14N2O3/c1-23-13-9-6-12(7-10-13)8-11-16(21)17-19-15-5-3-2-4-14(15)18(22)20-17/h2-11H,1H3,(H,19,20,22)/b11-8+. The van der Waals surface area contributed by atoms with Gasteiger partial charge in [0.1, 0.15) is 5.75 Å². The third-order valence-electron chi connectivity index (χ3n) is 3.39. The highest BCUT2D eigenvalue weighted by Gasteiger charge is 2.08. The molecule has 0 spiro atoms. The molecule has 0 fully saturated rings. The number of methoxy groups -OCH3 is 1. The van der Waals surface area contributed by atoms with E-state index in [1.54, 1.807) is 49.6 Å². The molecule has 0 aliphatic heterocycles. The van der Waals surface area contributed by atoms with E-state index in [1.807, 2.05) is 12.1 Å². The zero-order chi connectivity index (χ0) is 16.2. The summed E-state index contributed by atoms with van der Waals surface area (Å²) in [4.78, 5) is 30.9. The number of H-pyrrole nitrogens is 1. The average molecular weight is 306 g/mol. The zero-order valence-corrected chi connectivity index (χ0v) is 12.4. The summed E-state index contributed by atoms with van der Waals surface area (Å²) in [6.07, 6.45) is 3.05. The number of allylic oxidation sites excluding steroid dienone is 1. The predicted octanol–water partition coefficient (Wildman–Crippen LogP) is 2.83. The van der Waals surface area contributed by atoms with E-state index in [-0.39, 0.29) is 17.2 Å². The quantitative estimate of drug-likeness (QED) is 0.594. The lowest BCUT2D eigenvalue weighted by atomic mass is 10.2. The molecule has 1 heterocycles. The molecule has 0 radical (unpaired) electrons. The fraction of sp³-hybridized carbons (Fsp3) is 0.0556. The molecule has 5 heteroatoms. The predicted molar refractivity (Wildman–Crippen MR) is 88.7 cm³/mol. The lowest BCUT2D eigenvalue weighted by Crippen LogP contribution is -2.14. The van der Waals surface area contributed by atoms with E-state index in [4.69, 9.17) is 4.74 Å². The largest absolute Gasteiger partial charge is 0.497 e. The Morgan fingerprint density at radius 2 is 1.87 bits per heavy atom. The first-order chi connectivity index (χ1) is 11.2. The molecule has 114 valence electrons. The van der Waals surface area contributed by atoms with Crippen molar-refractivity contribution in [2.75, 3.05) is 7.11 Å². The number of benzene rings is 2. The Labute approximate surface area is 132 Å². The fourth-order valence-electron chi connectivity index (χ4n) is 2.17. The van der Waals surface area contributed by atoms with Gasteiger partial charge in [0.2, 0.25) is 5.78 Å². The third kappa shape index (κ3) is 3.18. The SMILES string of the molecule is COc1ccc(/C=C/C(=O)c2nc3ccccc3c(=O)[nH]2)cc1. The first-order valence-corrected chi connectivity index (χ1v) is 7.03. The number of nitrogens with one attached hydrogen (secondary N) is 1. The number of ether oxygens (including phenoxy) is 1. The summed E-state index contributed by atoms with van der Waals surface area (Å²) in [6.45, 7) is 0. The monoisotopic (exact) mass is 306 g/mol. The summed E-state index contributed by atoms with van der Waals surface area (Å²) in [5, 5.41) is 0.461. The van der Waals surface area contributed by atoms with Crippen LogP contribution in [0.2, 0.25) is 0 Å². The molecule has 1 N–H and O–H groups in total. The Hall–Kier alpha value is -3.21. The van der Waals surface area contributed by atoms with E-state index < -0.39 is 0 Å². The van der Waals surface area contributed by atoms with Crippen molar-refractivity contribution in [2.24, 2.45) is 0 Å². The van der Waals surface area contributed by atoms with Crippen molar-refractivity contribution in [1.29, 1.82) is 0 Å². The molecule has 3 rings (SSSR count). The maximum Gasteiger partial charge on any atom is 0.259 e. The van der Waals surface area contributed by atoms with Crippen LogP contribution in [0.4, 0.5) is 0 Å². The molecule has 0 saturated heterocycles. The zero-order valence-electron chi connectivity index (χ0n) is 12.4. The van der Waals surface area contributed by atoms with Gasteiger partial charge in [0, 0.05) is 0 Å². The van der Waals surface area contributed by atoms with Crippen LogP contribution in [0.25, 0.3) is 17.0 Å². The minimum Gasteiger partial charge on any atom is -0.497 e. The molecular weight excluding hydrogens is 292 g/mol. The summed E-state index contributed by atoms with van der Waals surface area (Å²) in [5.41, 5.74) is 1.02. The summed E-state index contributed by atoms with van der Waals surface area (Å²) in [6, 6.07) is 14.2. The van der Waals surface area contributed by atoms with E-state index in [2.05, 4.69) is 9.97 Å². The van der Waals surface area contributed by atoms with E-state index in [0.29, 0.717) is 10.9 Å². The summed E-state index contributed by atoms with van der Waals surface area (Å²) < 4.78 is 5.08. The second kappa shape index (κ2) is 6.27. The normalized spacial score (nSPS) is 11.0. The highest BCUT2D eigenvalue weighted by atomic mass is 16.5. The molecule has 0 aliphatic carbocycles. The third-order valence-corrected chi connectivity index (χ3v) is 3.39. The maximum absolute atomic E-state index is 12.2. The molecule has 1 aromatic heterocycles. The number of fused-ring (bicyclic) bond motifs is 1. The molecule has 0 aliphatic rings. The molecule has 23 heavy (non-hydrogen) atoms. The molecule has 0 amide bonds. The van der Waals surface area contributed by atoms with Crippen molar-refractivity contribution in [3.8, 4) is 5.75 Å². The summed E-state index contributed by atoms with van der Waals surface area (Å²) in [5.74, 6) is 0.413. The van der Waals surface area contributed by atoms with Crippen molar-refractivity contribution >= 4 is 22.8 Å². The van der Waals surface area contributed by atoms with Crippen molar-refractivity contribution < 1.29 is 9.53 Å². The Morgan fingerprint density at radius 3 is 2.61 bits per heavy atom. The first-order valence-electron chi connectivity index (χ1n) is 7.03. The van der Waals surface area contributed by atoms with Gasteiger partial charge in [0.05, 0.1) is 18.0 Å². The van der Waals surface area contributed by atoms with Gasteiger partial charge in [-0.05, 0) is 35.9 Å². The molecule has 5 nitrogen and oxygen atoms in total. The number of hydrogen-bond donors (Lipinski definition) is 1. The first kappa shape index (κ1) is 14.7. The molecule has 0 bridgehead atoms. The highest BCUT2D eigenvalue weighted by molar-refractivity contribution is 6.05. The number of hydrogen-bond acceptors (Lipinski definition) is 4. The van der Waals surface area contributed by atoms with Crippen molar-refractivity contribution in [3.63, 3.8) is 0 Å². The van der Waals surface area contributed by atoms with Crippen LogP contribution in [0.5, 0.6) is 5.75 Å². The van der Waals surface area contributed by atoms with Crippen molar-refractivity contribution in [2.45, 2.75) is 0 Å². The van der Waals surface area contributed by atoms with Crippen LogP contribution in [0, 0.1) is 0 Å². The Bertz CT molecular complexity index is 940. The van der Waals surface area contributed by atoms with Gasteiger partial charge in [-0.15, -0.1) is 0 Å². The Kier molecular flexibility index (Phi) is 4.01. The molecule has 0 unspecified atom stereocenters. The van der Waals surface area contributed by atoms with E-state index in [1.165, 1.54) is 6.08 Å². The van der Waals surface area contributed by atoms with E-state index in [9.17, 15) is 9.59 Å². The minimum atomic E-state index is -0.358. The van der Waals surface area contributed by atoms with Crippen LogP contribution in [0.15, 0.2) is 59.4 Å². The maximum atomic E-state index is 12.2.